The van der Waals surface area contributed by atoms with Crippen LogP contribution in [0.15, 0.2) is 47.6 Å². The third kappa shape index (κ3) is 4.79. The van der Waals surface area contributed by atoms with Crippen molar-refractivity contribution in [2.45, 2.75) is 25.9 Å². The highest BCUT2D eigenvalue weighted by Crippen LogP contribution is 2.25. The van der Waals surface area contributed by atoms with E-state index in [2.05, 4.69) is 5.10 Å². The number of pyridine rings is 1. The Bertz CT molecular complexity index is 913. The van der Waals surface area contributed by atoms with Crippen LogP contribution in [-0.2, 0) is 9.53 Å². The van der Waals surface area contributed by atoms with E-state index >= 15 is 0 Å². The number of benzene rings is 1. The zero-order chi connectivity index (χ0) is 20.9. The number of rotatable bonds is 6. The molecule has 7 nitrogen and oxygen atoms in total. The van der Waals surface area contributed by atoms with Gasteiger partial charge in [0.05, 0.1) is 31.6 Å². The number of ether oxygens (including phenoxy) is 2. The van der Waals surface area contributed by atoms with Crippen LogP contribution < -0.4 is 4.74 Å². The van der Waals surface area contributed by atoms with Crippen molar-refractivity contribution in [2.24, 2.45) is 5.10 Å². The summed E-state index contributed by atoms with van der Waals surface area (Å²) in [6, 6.07) is 13.8. The number of morpholine rings is 1. The van der Waals surface area contributed by atoms with E-state index in [0.29, 0.717) is 32.7 Å². The third-order valence-electron chi connectivity index (χ3n) is 5.53. The fourth-order valence-electron chi connectivity index (χ4n) is 3.78. The molecule has 4 rings (SSSR count). The van der Waals surface area contributed by atoms with E-state index in [9.17, 15) is 4.79 Å². The van der Waals surface area contributed by atoms with Crippen LogP contribution in [0.2, 0.25) is 0 Å². The SMILES string of the molecule is COc1ccc(-c2cccc([C@H]3CN(C(=O)CCN4CCC(C)=N4)CCO3)n2)cc1. The van der Waals surface area contributed by atoms with Crippen molar-refractivity contribution in [1.29, 1.82) is 0 Å². The van der Waals surface area contributed by atoms with Crippen molar-refractivity contribution in [2.75, 3.05) is 39.9 Å². The molecule has 1 fully saturated rings. The predicted molar refractivity (Wildman–Crippen MR) is 115 cm³/mol. The molecule has 1 aromatic carbocycles. The maximum atomic E-state index is 12.7. The maximum absolute atomic E-state index is 12.7. The van der Waals surface area contributed by atoms with Crippen LogP contribution in [0.5, 0.6) is 5.75 Å². The number of hydrogen-bond donors (Lipinski definition) is 0. The molecule has 3 heterocycles. The average molecular weight is 409 g/mol. The summed E-state index contributed by atoms with van der Waals surface area (Å²) in [7, 11) is 1.65. The first-order valence-electron chi connectivity index (χ1n) is 10.4. The molecule has 1 atom stereocenters. The minimum absolute atomic E-state index is 0.148. The van der Waals surface area contributed by atoms with Crippen LogP contribution in [0, 0.1) is 0 Å². The maximum Gasteiger partial charge on any atom is 0.224 e. The van der Waals surface area contributed by atoms with Crippen LogP contribution >= 0.6 is 0 Å². The van der Waals surface area contributed by atoms with E-state index in [1.165, 1.54) is 0 Å². The third-order valence-corrected chi connectivity index (χ3v) is 5.53. The smallest absolute Gasteiger partial charge is 0.224 e. The Kier molecular flexibility index (Phi) is 6.28. The standard InChI is InChI=1S/C23H28N4O3/c1-17-10-12-27(25-17)13-11-23(28)26-14-15-30-22(16-26)21-5-3-4-20(24-21)18-6-8-19(29-2)9-7-18/h3-9,22H,10-16H2,1-2H3/t22-/m1/s1. The fraction of sp³-hybridized carbons (Fsp3) is 0.435. The molecule has 2 aromatic rings. The van der Waals surface area contributed by atoms with Gasteiger partial charge in [-0.3, -0.25) is 9.80 Å². The molecule has 2 aliphatic rings. The summed E-state index contributed by atoms with van der Waals surface area (Å²) in [5.41, 5.74) is 3.88. The first-order chi connectivity index (χ1) is 14.6. The number of hydrogen-bond acceptors (Lipinski definition) is 6. The van der Waals surface area contributed by atoms with E-state index in [-0.39, 0.29) is 12.0 Å². The van der Waals surface area contributed by atoms with E-state index in [1.807, 2.05) is 59.3 Å². The number of methoxy groups -OCH3 is 1. The second kappa shape index (κ2) is 9.26. The van der Waals surface area contributed by atoms with Crippen LogP contribution in [0.1, 0.15) is 31.6 Å². The molecule has 30 heavy (non-hydrogen) atoms. The second-order valence-electron chi connectivity index (χ2n) is 7.66. The molecule has 7 heteroatoms. The zero-order valence-electron chi connectivity index (χ0n) is 17.6. The number of hydrazone groups is 1. The molecule has 2 aliphatic heterocycles. The Morgan fingerprint density at radius 1 is 1.20 bits per heavy atom. The number of nitrogens with zero attached hydrogens (tertiary/aromatic N) is 4. The van der Waals surface area contributed by atoms with Crippen molar-refractivity contribution in [1.82, 2.24) is 14.9 Å². The van der Waals surface area contributed by atoms with Crippen LogP contribution in [-0.4, -0.2) is 66.4 Å². The average Bonchev–Trinajstić information content (AvgIpc) is 3.23. The van der Waals surface area contributed by atoms with E-state index in [4.69, 9.17) is 14.5 Å². The van der Waals surface area contributed by atoms with Gasteiger partial charge < -0.3 is 14.4 Å². The molecule has 0 aliphatic carbocycles. The number of amides is 1. The lowest BCUT2D eigenvalue weighted by Crippen LogP contribution is -2.43. The quantitative estimate of drug-likeness (QED) is 0.735. The lowest BCUT2D eigenvalue weighted by molar-refractivity contribution is -0.139. The fourth-order valence-corrected chi connectivity index (χ4v) is 3.78. The topological polar surface area (TPSA) is 67.3 Å². The van der Waals surface area contributed by atoms with Gasteiger partial charge in [-0.25, -0.2) is 4.98 Å². The highest BCUT2D eigenvalue weighted by Gasteiger charge is 2.27. The Balaban J connectivity index is 1.39. The molecule has 1 saturated heterocycles. The van der Waals surface area contributed by atoms with Gasteiger partial charge in [0.25, 0.3) is 0 Å². The predicted octanol–water partition coefficient (Wildman–Crippen LogP) is 3.13. The molecule has 158 valence electrons. The molecule has 0 saturated carbocycles. The number of aromatic nitrogens is 1. The van der Waals surface area contributed by atoms with Crippen molar-refractivity contribution < 1.29 is 14.3 Å². The normalized spacial score (nSPS) is 19.0. The summed E-state index contributed by atoms with van der Waals surface area (Å²) < 4.78 is 11.2. The van der Waals surface area contributed by atoms with E-state index in [0.717, 1.165) is 41.4 Å². The first kappa shape index (κ1) is 20.3. The van der Waals surface area contributed by atoms with Crippen molar-refractivity contribution >= 4 is 11.6 Å². The largest absolute Gasteiger partial charge is 0.497 e. The van der Waals surface area contributed by atoms with E-state index < -0.39 is 0 Å². The summed E-state index contributed by atoms with van der Waals surface area (Å²) in [6.07, 6.45) is 1.25. The van der Waals surface area contributed by atoms with Crippen LogP contribution in [0.25, 0.3) is 11.3 Å². The highest BCUT2D eigenvalue weighted by molar-refractivity contribution is 5.83. The van der Waals surface area contributed by atoms with Gasteiger partial charge in [0.2, 0.25) is 5.91 Å². The number of carbonyl (C=O) groups is 1. The Morgan fingerprint density at radius 3 is 2.77 bits per heavy atom. The first-order valence-corrected chi connectivity index (χ1v) is 10.4. The number of carbonyl (C=O) groups excluding carboxylic acids is 1. The molecule has 0 radical (unpaired) electrons. The molecular formula is C23H28N4O3. The Hall–Kier alpha value is -2.93. The molecule has 0 bridgehead atoms. The van der Waals surface area contributed by atoms with Gasteiger partial charge in [-0.05, 0) is 43.3 Å². The minimum Gasteiger partial charge on any atom is -0.497 e. The zero-order valence-corrected chi connectivity index (χ0v) is 17.6. The summed E-state index contributed by atoms with van der Waals surface area (Å²) in [6.45, 7) is 5.28. The Labute approximate surface area is 177 Å². The van der Waals surface area contributed by atoms with Gasteiger partial charge >= 0.3 is 0 Å². The van der Waals surface area contributed by atoms with Crippen molar-refractivity contribution in [3.63, 3.8) is 0 Å². The van der Waals surface area contributed by atoms with Gasteiger partial charge in [-0.1, -0.05) is 6.07 Å². The molecule has 1 amide bonds. The molecule has 0 spiro atoms. The van der Waals surface area contributed by atoms with E-state index in [1.54, 1.807) is 7.11 Å². The lowest BCUT2D eigenvalue weighted by atomic mass is 10.1. The van der Waals surface area contributed by atoms with Gasteiger partial charge in [0.1, 0.15) is 11.9 Å². The lowest BCUT2D eigenvalue weighted by Gasteiger charge is -2.33. The summed E-state index contributed by atoms with van der Waals surface area (Å²) in [5.74, 6) is 0.962. The van der Waals surface area contributed by atoms with Gasteiger partial charge in [0, 0.05) is 43.8 Å². The molecule has 0 N–H and O–H groups in total. The summed E-state index contributed by atoms with van der Waals surface area (Å²) in [4.78, 5) is 19.4. The van der Waals surface area contributed by atoms with Gasteiger partial charge in [-0.2, -0.15) is 5.10 Å². The van der Waals surface area contributed by atoms with Crippen molar-refractivity contribution in [3.05, 3.63) is 48.2 Å². The summed E-state index contributed by atoms with van der Waals surface area (Å²) in [5, 5.41) is 6.45. The highest BCUT2D eigenvalue weighted by atomic mass is 16.5. The van der Waals surface area contributed by atoms with Crippen molar-refractivity contribution in [3.8, 4) is 17.0 Å². The van der Waals surface area contributed by atoms with Gasteiger partial charge in [0.15, 0.2) is 0 Å². The van der Waals surface area contributed by atoms with Crippen LogP contribution in [0.3, 0.4) is 0 Å². The minimum atomic E-state index is -0.215. The monoisotopic (exact) mass is 408 g/mol. The second-order valence-corrected chi connectivity index (χ2v) is 7.66. The van der Waals surface area contributed by atoms with Crippen LogP contribution in [0.4, 0.5) is 0 Å². The Morgan fingerprint density at radius 2 is 2.03 bits per heavy atom. The molecular weight excluding hydrogens is 380 g/mol. The summed E-state index contributed by atoms with van der Waals surface area (Å²) >= 11 is 0. The molecule has 0 unspecified atom stereocenters. The molecule has 1 aromatic heterocycles. The van der Waals surface area contributed by atoms with Gasteiger partial charge in [-0.15, -0.1) is 0 Å².